The van der Waals surface area contributed by atoms with Crippen molar-refractivity contribution in [2.75, 3.05) is 6.61 Å². The van der Waals surface area contributed by atoms with Crippen LogP contribution in [0, 0.1) is 0 Å². The Morgan fingerprint density at radius 1 is 0.938 bits per heavy atom. The monoisotopic (exact) mass is 352 g/mol. The Kier molecular flexibility index (Phi) is 22.3. The maximum Gasteiger partial charge on any atom is 2.00 e. The van der Waals surface area contributed by atoms with Crippen molar-refractivity contribution in [2.24, 2.45) is 0 Å². The van der Waals surface area contributed by atoms with Crippen LogP contribution in [-0.4, -0.2) is 83.6 Å². The van der Waals surface area contributed by atoms with Crippen LogP contribution in [0.5, 0.6) is 0 Å². The Hall–Kier alpha value is 2.02. The van der Waals surface area contributed by atoms with Crippen LogP contribution in [0.25, 0.3) is 0 Å². The minimum absolute atomic E-state index is 0. The molecule has 0 unspecified atom stereocenters. The largest absolute Gasteiger partial charge is 2.00 e. The fourth-order valence-electron chi connectivity index (χ4n) is 0. The summed E-state index contributed by atoms with van der Waals surface area (Å²) in [5.74, 6) is 0. The van der Waals surface area contributed by atoms with Crippen molar-refractivity contribution in [3.05, 3.63) is 0 Å². The summed E-state index contributed by atoms with van der Waals surface area (Å²) in [6.07, 6.45) is 0. The Labute approximate surface area is 133 Å². The van der Waals surface area contributed by atoms with Gasteiger partial charge in [-0.1, -0.05) is 0 Å². The van der Waals surface area contributed by atoms with Gasteiger partial charge in [-0.3, -0.25) is 0 Å². The molecule has 0 aliphatic carbocycles. The summed E-state index contributed by atoms with van der Waals surface area (Å²) in [6.45, 7) is -0.164. The Bertz CT molecular complexity index is 196. The molecular formula is C2H12CaCl2O9P2. The van der Waals surface area contributed by atoms with Gasteiger partial charge in [-0.25, -0.2) is 9.13 Å². The predicted octanol–water partition coefficient (Wildman–Crippen LogP) is -1.23. The van der Waals surface area contributed by atoms with Gasteiger partial charge < -0.3 is 37.3 Å². The van der Waals surface area contributed by atoms with Gasteiger partial charge in [-0.05, 0) is 0 Å². The van der Waals surface area contributed by atoms with Crippen molar-refractivity contribution in [3.63, 3.8) is 0 Å². The van der Waals surface area contributed by atoms with Crippen LogP contribution in [0.4, 0.5) is 0 Å². The number of phosphoric acid groups is 2. The fraction of sp³-hybridized carbons (Fsp3) is 1.00. The smallest absolute Gasteiger partial charge is 1.00 e. The molecule has 0 saturated carbocycles. The average Bonchev–Trinajstić information content (AvgIpc) is 1.79. The summed E-state index contributed by atoms with van der Waals surface area (Å²) < 4.78 is 17.8. The van der Waals surface area contributed by atoms with Gasteiger partial charge in [-0.2, -0.15) is 0 Å². The molecule has 0 aromatic carbocycles. The average molecular weight is 353 g/mol. The first kappa shape index (κ1) is 26.6. The molecule has 7 N–H and O–H groups in total. The second-order valence-corrected chi connectivity index (χ2v) is 4.93. The normalized spacial score (nSPS) is 10.4. The maximum atomic E-state index is 8.88. The van der Waals surface area contributed by atoms with E-state index in [1.54, 1.807) is 0 Å². The van der Waals surface area contributed by atoms with E-state index in [1.165, 1.54) is 0 Å². The summed E-state index contributed by atoms with van der Waals surface area (Å²) in [7, 11) is -9.28. The minimum atomic E-state index is -4.64. The number of aliphatic hydroxyl groups excluding tert-OH is 1. The topological polar surface area (TPSA) is 176 Å². The summed E-state index contributed by atoms with van der Waals surface area (Å²) in [5.41, 5.74) is 0. The van der Waals surface area contributed by atoms with Crippen molar-refractivity contribution < 1.29 is 46.5 Å². The first-order valence-electron chi connectivity index (χ1n) is 2.73. The van der Waals surface area contributed by atoms with Crippen molar-refractivity contribution in [1.82, 2.24) is 0 Å². The number of hydrogen-bond acceptors (Lipinski definition) is 3. The summed E-state index contributed by atoms with van der Waals surface area (Å²) >= 11 is 9.96. The van der Waals surface area contributed by atoms with Gasteiger partial charge in [0.2, 0.25) is 0 Å². The van der Waals surface area contributed by atoms with Crippen LogP contribution in [0.3, 0.4) is 0 Å². The van der Waals surface area contributed by atoms with Crippen LogP contribution >= 0.6 is 38.8 Å². The molecular weight excluding hydrogens is 341 g/mol. The second kappa shape index (κ2) is 13.5. The molecule has 0 spiro atoms. The van der Waals surface area contributed by atoms with Crippen molar-refractivity contribution in [1.29, 1.82) is 0 Å². The van der Waals surface area contributed by atoms with Crippen LogP contribution in [0.1, 0.15) is 2.85 Å². The molecule has 0 bridgehead atoms. The molecule has 0 aliphatic heterocycles. The summed E-state index contributed by atoms with van der Waals surface area (Å²) in [4.78, 5) is 42.5. The quantitative estimate of drug-likeness (QED) is 0.173. The number of rotatable bonds is 1. The molecule has 100 valence electrons. The zero-order chi connectivity index (χ0) is 13.3. The third-order valence-electron chi connectivity index (χ3n) is 0.138. The predicted molar refractivity (Wildman–Crippen MR) is 59.1 cm³/mol. The van der Waals surface area contributed by atoms with Gasteiger partial charge in [0.25, 0.3) is 0 Å². The molecule has 0 aromatic heterocycles. The maximum absolute atomic E-state index is 8.88. The van der Waals surface area contributed by atoms with Gasteiger partial charge in [0.05, 0.1) is 6.61 Å². The van der Waals surface area contributed by atoms with Crippen molar-refractivity contribution in [2.45, 2.75) is 4.84 Å². The van der Waals surface area contributed by atoms with E-state index in [4.69, 9.17) is 66.8 Å². The molecule has 0 rings (SSSR count). The van der Waals surface area contributed by atoms with Crippen molar-refractivity contribution in [3.8, 4) is 0 Å². The van der Waals surface area contributed by atoms with Crippen LogP contribution in [0.2, 0.25) is 0 Å². The van der Waals surface area contributed by atoms with Crippen LogP contribution in [0.15, 0.2) is 0 Å². The van der Waals surface area contributed by atoms with E-state index in [0.29, 0.717) is 0 Å². The van der Waals surface area contributed by atoms with E-state index in [1.807, 2.05) is 0 Å². The zero-order valence-corrected chi connectivity index (χ0v) is 13.1. The van der Waals surface area contributed by atoms with E-state index < -0.39 is 20.5 Å². The molecule has 0 atom stereocenters. The number of hydrogen-bond donors (Lipinski definition) is 7. The first-order valence-corrected chi connectivity index (χ1v) is 6.73. The number of aliphatic hydroxyl groups is 1. The molecule has 0 radical (unpaired) electrons. The number of alkyl halides is 2. The first-order chi connectivity index (χ1) is 6.27. The van der Waals surface area contributed by atoms with Crippen molar-refractivity contribution >= 4 is 76.6 Å². The summed E-state index contributed by atoms with van der Waals surface area (Å²) in [5, 5.41) is 7.88. The fourth-order valence-corrected chi connectivity index (χ4v) is 0. The van der Waals surface area contributed by atoms with Gasteiger partial charge in [0.1, 0.15) is 4.84 Å². The minimum Gasteiger partial charge on any atom is -1.00 e. The van der Waals surface area contributed by atoms with Gasteiger partial charge >= 0.3 is 53.4 Å². The van der Waals surface area contributed by atoms with E-state index in [9.17, 15) is 0 Å². The van der Waals surface area contributed by atoms with E-state index in [0.717, 1.165) is 0 Å². The SMILES string of the molecule is O=P(O)(O)O.O=P(O)(O)O.OCC(Cl)Cl.[Ca+2].[H-].[H-]. The number of halogens is 2. The zero-order valence-electron chi connectivity index (χ0n) is 9.59. The Morgan fingerprint density at radius 2 is 1.00 bits per heavy atom. The molecule has 0 aliphatic rings. The van der Waals surface area contributed by atoms with E-state index >= 15 is 0 Å². The molecule has 0 fully saturated rings. The molecule has 9 nitrogen and oxygen atoms in total. The Balaban J connectivity index is -0.0000000277. The molecule has 16 heavy (non-hydrogen) atoms. The third-order valence-corrected chi connectivity index (χ3v) is 0.414. The van der Waals surface area contributed by atoms with Gasteiger partial charge in [0.15, 0.2) is 0 Å². The molecule has 0 aromatic rings. The van der Waals surface area contributed by atoms with Gasteiger partial charge in [-0.15, -0.1) is 23.2 Å². The standard InChI is InChI=1S/C2H4Cl2O.Ca.2H3O4P.2H/c3-2(4)1-5;;2*1-5(2,3)4;;/h2,5H,1H2;;2*(H3,1,2,3,4);;/q;+2;;;2*-1. The van der Waals surface area contributed by atoms with Gasteiger partial charge in [0, 0.05) is 0 Å². The molecule has 0 heterocycles. The molecule has 0 amide bonds. The molecule has 14 heteroatoms. The third kappa shape index (κ3) is 224. The molecule has 0 saturated heterocycles. The summed E-state index contributed by atoms with van der Waals surface area (Å²) in [6, 6.07) is 0. The van der Waals surface area contributed by atoms with E-state index in [-0.39, 0.29) is 47.2 Å². The van der Waals surface area contributed by atoms with Crippen LogP contribution < -0.4 is 0 Å². The Morgan fingerprint density at radius 3 is 1.00 bits per heavy atom. The van der Waals surface area contributed by atoms with E-state index in [2.05, 4.69) is 0 Å². The van der Waals surface area contributed by atoms with Crippen LogP contribution in [-0.2, 0) is 9.13 Å². The second-order valence-electron chi connectivity index (χ2n) is 1.60.